The average molecular weight is 523 g/mol. The molecule has 0 saturated carbocycles. The van der Waals surface area contributed by atoms with E-state index in [9.17, 15) is 14.4 Å². The lowest BCUT2D eigenvalue weighted by Gasteiger charge is -2.14. The molecule has 3 amide bonds. The number of amides is 3. The number of benzene rings is 3. The van der Waals surface area contributed by atoms with Gasteiger partial charge in [-0.2, -0.15) is 0 Å². The monoisotopic (exact) mass is 522 g/mol. The lowest BCUT2D eigenvalue weighted by molar-refractivity contribution is -0.127. The van der Waals surface area contributed by atoms with E-state index in [0.29, 0.717) is 34.4 Å². The smallest absolute Gasteiger partial charge is 0.294 e. The quantitative estimate of drug-likeness (QED) is 0.370. The number of ether oxygens (including phenoxy) is 2. The topological polar surface area (TPSA) is 84.9 Å². The fraction of sp³-hybridized carbons (Fsp3) is 0.148. The van der Waals surface area contributed by atoms with Crippen LogP contribution in [-0.4, -0.2) is 35.6 Å². The van der Waals surface area contributed by atoms with Crippen molar-refractivity contribution in [2.75, 3.05) is 19.0 Å². The van der Waals surface area contributed by atoms with Gasteiger partial charge in [-0.15, -0.1) is 0 Å². The third-order valence-corrected chi connectivity index (χ3v) is 6.47. The van der Waals surface area contributed by atoms with Gasteiger partial charge in [0.25, 0.3) is 11.1 Å². The molecule has 1 aliphatic rings. The molecule has 1 N–H and O–H groups in total. The standard InChI is InChI=1S/C27H23ClN2O5S/c1-17-8-10-20(11-9-17)29-24(31)15-30-26(32)23(36-27(30)33)14-19-12-21(28)25(22(13-19)34-2)35-16-18-6-4-3-5-7-18/h3-14H,15-16H2,1-2H3,(H,29,31)/b23-14-. The summed E-state index contributed by atoms with van der Waals surface area (Å²) in [7, 11) is 1.49. The minimum Gasteiger partial charge on any atom is -0.493 e. The predicted octanol–water partition coefficient (Wildman–Crippen LogP) is 5.91. The molecular weight excluding hydrogens is 500 g/mol. The molecule has 1 aliphatic heterocycles. The number of hydrogen-bond donors (Lipinski definition) is 1. The van der Waals surface area contributed by atoms with Gasteiger partial charge in [0.05, 0.1) is 17.0 Å². The summed E-state index contributed by atoms with van der Waals surface area (Å²) in [5.41, 5.74) is 3.17. The summed E-state index contributed by atoms with van der Waals surface area (Å²) in [6.07, 6.45) is 1.54. The number of hydrogen-bond acceptors (Lipinski definition) is 6. The Balaban J connectivity index is 1.46. The fourth-order valence-corrected chi connectivity index (χ4v) is 4.57. The Labute approximate surface area is 218 Å². The SMILES string of the molecule is COc1cc(/C=C2\SC(=O)N(CC(=O)Nc3ccc(C)cc3)C2=O)cc(Cl)c1OCc1ccccc1. The Bertz CT molecular complexity index is 1330. The highest BCUT2D eigenvalue weighted by Gasteiger charge is 2.36. The van der Waals surface area contributed by atoms with Gasteiger partial charge in [0.15, 0.2) is 11.5 Å². The van der Waals surface area contributed by atoms with Crippen LogP contribution in [0.15, 0.2) is 71.6 Å². The molecule has 4 rings (SSSR count). The fourth-order valence-electron chi connectivity index (χ4n) is 3.46. The van der Waals surface area contributed by atoms with Crippen LogP contribution in [0.4, 0.5) is 10.5 Å². The van der Waals surface area contributed by atoms with Crippen molar-refractivity contribution in [1.82, 2.24) is 4.90 Å². The van der Waals surface area contributed by atoms with E-state index in [0.717, 1.165) is 27.8 Å². The first-order chi connectivity index (χ1) is 17.3. The zero-order chi connectivity index (χ0) is 25.7. The molecule has 184 valence electrons. The Morgan fingerprint density at radius 3 is 2.50 bits per heavy atom. The molecule has 1 heterocycles. The van der Waals surface area contributed by atoms with E-state index >= 15 is 0 Å². The third-order valence-electron chi connectivity index (χ3n) is 5.29. The summed E-state index contributed by atoms with van der Waals surface area (Å²) in [4.78, 5) is 38.8. The van der Waals surface area contributed by atoms with Gasteiger partial charge in [0, 0.05) is 5.69 Å². The highest BCUT2D eigenvalue weighted by molar-refractivity contribution is 8.18. The number of carbonyl (C=O) groups excluding carboxylic acids is 3. The van der Waals surface area contributed by atoms with Gasteiger partial charge < -0.3 is 14.8 Å². The van der Waals surface area contributed by atoms with E-state index in [2.05, 4.69) is 5.32 Å². The van der Waals surface area contributed by atoms with Crippen LogP contribution in [0.1, 0.15) is 16.7 Å². The number of aryl methyl sites for hydroxylation is 1. The van der Waals surface area contributed by atoms with Crippen molar-refractivity contribution in [3.63, 3.8) is 0 Å². The lowest BCUT2D eigenvalue weighted by atomic mass is 10.1. The highest BCUT2D eigenvalue weighted by Crippen LogP contribution is 2.39. The van der Waals surface area contributed by atoms with Gasteiger partial charge in [0.1, 0.15) is 13.2 Å². The first kappa shape index (κ1) is 25.3. The Morgan fingerprint density at radius 1 is 1.08 bits per heavy atom. The van der Waals surface area contributed by atoms with Crippen molar-refractivity contribution in [1.29, 1.82) is 0 Å². The summed E-state index contributed by atoms with van der Waals surface area (Å²) >= 11 is 7.22. The Hall–Kier alpha value is -3.75. The van der Waals surface area contributed by atoms with Crippen molar-refractivity contribution in [2.45, 2.75) is 13.5 Å². The number of methoxy groups -OCH3 is 1. The first-order valence-corrected chi connectivity index (χ1v) is 12.2. The molecule has 0 spiro atoms. The summed E-state index contributed by atoms with van der Waals surface area (Å²) < 4.78 is 11.3. The van der Waals surface area contributed by atoms with Gasteiger partial charge in [-0.1, -0.05) is 59.6 Å². The van der Waals surface area contributed by atoms with E-state index in [4.69, 9.17) is 21.1 Å². The predicted molar refractivity (Wildman–Crippen MR) is 141 cm³/mol. The molecule has 0 unspecified atom stereocenters. The second-order valence-corrected chi connectivity index (χ2v) is 9.39. The van der Waals surface area contributed by atoms with Crippen LogP contribution in [0.25, 0.3) is 6.08 Å². The third kappa shape index (κ3) is 6.08. The van der Waals surface area contributed by atoms with Crippen LogP contribution in [0.5, 0.6) is 11.5 Å². The van der Waals surface area contributed by atoms with E-state index in [1.165, 1.54) is 13.2 Å². The van der Waals surface area contributed by atoms with Crippen LogP contribution in [0, 0.1) is 6.92 Å². The molecule has 3 aromatic carbocycles. The molecular formula is C27H23ClN2O5S. The van der Waals surface area contributed by atoms with Gasteiger partial charge >= 0.3 is 0 Å². The summed E-state index contributed by atoms with van der Waals surface area (Å²) in [5, 5.41) is 2.47. The lowest BCUT2D eigenvalue weighted by Crippen LogP contribution is -2.36. The van der Waals surface area contributed by atoms with E-state index in [-0.39, 0.29) is 11.4 Å². The number of rotatable bonds is 8. The second kappa shape index (κ2) is 11.3. The molecule has 36 heavy (non-hydrogen) atoms. The van der Waals surface area contributed by atoms with Crippen molar-refractivity contribution in [2.24, 2.45) is 0 Å². The molecule has 7 nitrogen and oxygen atoms in total. The number of nitrogens with one attached hydrogen (secondary N) is 1. The molecule has 1 fully saturated rings. The minimum absolute atomic E-state index is 0.180. The van der Waals surface area contributed by atoms with E-state index < -0.39 is 17.1 Å². The van der Waals surface area contributed by atoms with Gasteiger partial charge in [0.2, 0.25) is 5.91 Å². The number of halogens is 1. The Kier molecular flexibility index (Phi) is 7.97. The molecule has 0 atom stereocenters. The van der Waals surface area contributed by atoms with Crippen LogP contribution >= 0.6 is 23.4 Å². The van der Waals surface area contributed by atoms with E-state index in [1.807, 2.05) is 49.4 Å². The average Bonchev–Trinajstić information content (AvgIpc) is 3.12. The molecule has 0 aliphatic carbocycles. The van der Waals surface area contributed by atoms with Crippen LogP contribution < -0.4 is 14.8 Å². The molecule has 0 aromatic heterocycles. The largest absolute Gasteiger partial charge is 0.493 e. The van der Waals surface area contributed by atoms with Crippen molar-refractivity contribution in [3.8, 4) is 11.5 Å². The van der Waals surface area contributed by atoms with Crippen LogP contribution in [-0.2, 0) is 16.2 Å². The maximum Gasteiger partial charge on any atom is 0.294 e. The van der Waals surface area contributed by atoms with Gasteiger partial charge in [-0.05, 0) is 60.2 Å². The van der Waals surface area contributed by atoms with Crippen LogP contribution in [0.2, 0.25) is 5.02 Å². The summed E-state index contributed by atoms with van der Waals surface area (Å²) in [6, 6.07) is 20.1. The first-order valence-electron chi connectivity index (χ1n) is 11.0. The number of nitrogens with zero attached hydrogens (tertiary/aromatic N) is 1. The summed E-state index contributed by atoms with van der Waals surface area (Å²) in [5.74, 6) is -0.252. The van der Waals surface area contributed by atoms with Crippen molar-refractivity contribution >= 4 is 52.2 Å². The maximum absolute atomic E-state index is 12.9. The molecule has 3 aromatic rings. The Morgan fingerprint density at radius 2 is 1.81 bits per heavy atom. The van der Waals surface area contributed by atoms with Crippen LogP contribution in [0.3, 0.4) is 0 Å². The van der Waals surface area contributed by atoms with Crippen molar-refractivity contribution in [3.05, 3.63) is 93.3 Å². The maximum atomic E-state index is 12.9. The number of anilines is 1. The molecule has 9 heteroatoms. The molecule has 0 bridgehead atoms. The van der Waals surface area contributed by atoms with Gasteiger partial charge in [-0.3, -0.25) is 19.3 Å². The van der Waals surface area contributed by atoms with Gasteiger partial charge in [-0.25, -0.2) is 0 Å². The van der Waals surface area contributed by atoms with Crippen molar-refractivity contribution < 1.29 is 23.9 Å². The second-order valence-electron chi connectivity index (χ2n) is 7.99. The zero-order valence-electron chi connectivity index (χ0n) is 19.6. The number of imide groups is 1. The zero-order valence-corrected chi connectivity index (χ0v) is 21.2. The number of carbonyl (C=O) groups is 3. The molecule has 1 saturated heterocycles. The summed E-state index contributed by atoms with van der Waals surface area (Å²) in [6.45, 7) is 1.86. The minimum atomic E-state index is -0.552. The number of thioether (sulfide) groups is 1. The normalized spacial score (nSPS) is 14.3. The van der Waals surface area contributed by atoms with E-state index in [1.54, 1.807) is 24.3 Å². The molecule has 0 radical (unpaired) electrons. The highest BCUT2D eigenvalue weighted by atomic mass is 35.5.